The number of carbonyl (C=O) groups excluding carboxylic acids is 1. The highest BCUT2D eigenvalue weighted by molar-refractivity contribution is 5.78. The van der Waals surface area contributed by atoms with Crippen LogP contribution in [-0.4, -0.2) is 28.5 Å². The molecule has 2 N–H and O–H groups in total. The van der Waals surface area contributed by atoms with Crippen molar-refractivity contribution in [2.45, 2.75) is 32.9 Å². The smallest absolute Gasteiger partial charge is 0.234 e. The van der Waals surface area contributed by atoms with Crippen LogP contribution in [0.2, 0.25) is 0 Å². The minimum atomic E-state index is -0.00857. The predicted molar refractivity (Wildman–Crippen MR) is 61.7 cm³/mol. The van der Waals surface area contributed by atoms with E-state index in [4.69, 9.17) is 0 Å². The van der Waals surface area contributed by atoms with Crippen molar-refractivity contribution in [3.63, 3.8) is 0 Å². The zero-order valence-corrected chi connectivity index (χ0v) is 9.90. The van der Waals surface area contributed by atoms with Crippen molar-refractivity contribution in [3.8, 4) is 0 Å². The Kier molecular flexibility index (Phi) is 4.85. The molecule has 0 aliphatic heterocycles. The van der Waals surface area contributed by atoms with Crippen LogP contribution in [0.5, 0.6) is 0 Å². The van der Waals surface area contributed by atoms with Crippen LogP contribution in [0.4, 0.5) is 0 Å². The second-order valence-corrected chi connectivity index (χ2v) is 3.96. The molecular formula is C11H18N4O. The Morgan fingerprint density at radius 1 is 1.38 bits per heavy atom. The molecule has 88 valence electrons. The van der Waals surface area contributed by atoms with Gasteiger partial charge in [-0.1, -0.05) is 0 Å². The van der Waals surface area contributed by atoms with Crippen LogP contribution in [-0.2, 0) is 4.79 Å². The summed E-state index contributed by atoms with van der Waals surface area (Å²) < 4.78 is 0. The first-order valence-corrected chi connectivity index (χ1v) is 5.38. The predicted octanol–water partition coefficient (Wildman–Crippen LogP) is 0.652. The molecular weight excluding hydrogens is 204 g/mol. The molecule has 1 rings (SSSR count). The van der Waals surface area contributed by atoms with E-state index in [0.717, 1.165) is 5.69 Å². The van der Waals surface area contributed by atoms with Gasteiger partial charge >= 0.3 is 0 Å². The first-order valence-electron chi connectivity index (χ1n) is 5.38. The average Bonchev–Trinajstić information content (AvgIpc) is 2.26. The topological polar surface area (TPSA) is 66.9 Å². The Hall–Kier alpha value is -1.49. The third-order valence-corrected chi connectivity index (χ3v) is 2.05. The number of nitrogens with one attached hydrogen (secondary N) is 2. The average molecular weight is 222 g/mol. The van der Waals surface area contributed by atoms with Gasteiger partial charge in [0, 0.05) is 30.7 Å². The summed E-state index contributed by atoms with van der Waals surface area (Å²) in [4.78, 5) is 19.5. The minimum absolute atomic E-state index is 0.00857. The number of rotatable bonds is 5. The van der Waals surface area contributed by atoms with E-state index in [1.165, 1.54) is 0 Å². The first kappa shape index (κ1) is 12.6. The van der Waals surface area contributed by atoms with Crippen LogP contribution in [0.15, 0.2) is 18.6 Å². The van der Waals surface area contributed by atoms with Gasteiger partial charge in [-0.15, -0.1) is 0 Å². The lowest BCUT2D eigenvalue weighted by Gasteiger charge is -2.13. The lowest BCUT2D eigenvalue weighted by Crippen LogP contribution is -2.38. The second-order valence-electron chi connectivity index (χ2n) is 3.96. The molecule has 1 unspecified atom stereocenters. The van der Waals surface area contributed by atoms with Gasteiger partial charge in [-0.05, 0) is 20.8 Å². The summed E-state index contributed by atoms with van der Waals surface area (Å²) in [6, 6.07) is 0.188. The van der Waals surface area contributed by atoms with Crippen LogP contribution >= 0.6 is 0 Å². The van der Waals surface area contributed by atoms with Gasteiger partial charge in [0.05, 0.1) is 12.2 Å². The SMILES string of the molecule is CC(C)NC(=O)CNC(C)c1cnccn1. The Bertz CT molecular complexity index is 326. The van der Waals surface area contributed by atoms with E-state index in [-0.39, 0.29) is 24.5 Å². The molecule has 5 nitrogen and oxygen atoms in total. The molecule has 0 spiro atoms. The zero-order valence-electron chi connectivity index (χ0n) is 9.90. The molecule has 1 amide bonds. The summed E-state index contributed by atoms with van der Waals surface area (Å²) in [5.41, 5.74) is 0.833. The molecule has 0 aromatic carbocycles. The summed E-state index contributed by atoms with van der Waals surface area (Å²) in [5, 5.41) is 5.90. The molecule has 5 heteroatoms. The monoisotopic (exact) mass is 222 g/mol. The molecule has 0 aliphatic carbocycles. The highest BCUT2D eigenvalue weighted by Crippen LogP contribution is 2.05. The van der Waals surface area contributed by atoms with Crippen LogP contribution < -0.4 is 10.6 Å². The van der Waals surface area contributed by atoms with Gasteiger partial charge in [-0.3, -0.25) is 14.8 Å². The number of aromatic nitrogens is 2. The van der Waals surface area contributed by atoms with Gasteiger partial charge in [0.25, 0.3) is 0 Å². The quantitative estimate of drug-likeness (QED) is 0.767. The maximum atomic E-state index is 11.4. The van der Waals surface area contributed by atoms with Crippen LogP contribution in [0.3, 0.4) is 0 Å². The van der Waals surface area contributed by atoms with Crippen molar-refractivity contribution in [2.75, 3.05) is 6.54 Å². The maximum absolute atomic E-state index is 11.4. The van der Waals surface area contributed by atoms with Gasteiger partial charge in [-0.2, -0.15) is 0 Å². The molecule has 1 heterocycles. The molecule has 1 aromatic rings. The number of hydrogen-bond donors (Lipinski definition) is 2. The highest BCUT2D eigenvalue weighted by Gasteiger charge is 2.08. The summed E-state index contributed by atoms with van der Waals surface area (Å²) in [6.45, 7) is 6.11. The van der Waals surface area contributed by atoms with E-state index in [1.807, 2.05) is 20.8 Å². The summed E-state index contributed by atoms with van der Waals surface area (Å²) >= 11 is 0. The fourth-order valence-electron chi connectivity index (χ4n) is 1.26. The van der Waals surface area contributed by atoms with Crippen molar-refractivity contribution >= 4 is 5.91 Å². The van der Waals surface area contributed by atoms with Crippen LogP contribution in [0.1, 0.15) is 32.5 Å². The summed E-state index contributed by atoms with van der Waals surface area (Å²) in [5.74, 6) is -0.00857. The van der Waals surface area contributed by atoms with Crippen molar-refractivity contribution < 1.29 is 4.79 Å². The standard InChI is InChI=1S/C11H18N4O/c1-8(2)15-11(16)7-14-9(3)10-6-12-4-5-13-10/h4-6,8-9,14H,7H2,1-3H3,(H,15,16). The van der Waals surface area contributed by atoms with Gasteiger partial charge in [0.1, 0.15) is 0 Å². The lowest BCUT2D eigenvalue weighted by atomic mass is 10.2. The van der Waals surface area contributed by atoms with Gasteiger partial charge in [0.15, 0.2) is 0 Å². The second kappa shape index (κ2) is 6.17. The molecule has 1 aromatic heterocycles. The zero-order chi connectivity index (χ0) is 12.0. The molecule has 0 saturated carbocycles. The molecule has 0 fully saturated rings. The van der Waals surface area contributed by atoms with E-state index >= 15 is 0 Å². The van der Waals surface area contributed by atoms with E-state index < -0.39 is 0 Å². The van der Waals surface area contributed by atoms with Gasteiger partial charge in [0.2, 0.25) is 5.91 Å². The van der Waals surface area contributed by atoms with E-state index in [1.54, 1.807) is 18.6 Å². The first-order chi connectivity index (χ1) is 7.59. The highest BCUT2D eigenvalue weighted by atomic mass is 16.1. The normalized spacial score (nSPS) is 12.5. The Morgan fingerprint density at radius 3 is 2.69 bits per heavy atom. The minimum Gasteiger partial charge on any atom is -0.353 e. The summed E-state index contributed by atoms with van der Waals surface area (Å²) in [6.07, 6.45) is 4.96. The molecule has 1 atom stereocenters. The maximum Gasteiger partial charge on any atom is 0.234 e. The molecule has 16 heavy (non-hydrogen) atoms. The fraction of sp³-hybridized carbons (Fsp3) is 0.545. The number of carbonyl (C=O) groups is 1. The lowest BCUT2D eigenvalue weighted by molar-refractivity contribution is -0.120. The van der Waals surface area contributed by atoms with Gasteiger partial charge < -0.3 is 10.6 Å². The number of amides is 1. The van der Waals surface area contributed by atoms with Crippen LogP contribution in [0.25, 0.3) is 0 Å². The van der Waals surface area contributed by atoms with E-state index in [0.29, 0.717) is 0 Å². The van der Waals surface area contributed by atoms with Crippen LogP contribution in [0, 0.1) is 0 Å². The summed E-state index contributed by atoms with van der Waals surface area (Å²) in [7, 11) is 0. The third-order valence-electron chi connectivity index (χ3n) is 2.05. The van der Waals surface area contributed by atoms with E-state index in [2.05, 4.69) is 20.6 Å². The Labute approximate surface area is 95.7 Å². The molecule has 0 aliphatic rings. The van der Waals surface area contributed by atoms with Crippen molar-refractivity contribution in [2.24, 2.45) is 0 Å². The van der Waals surface area contributed by atoms with Gasteiger partial charge in [-0.25, -0.2) is 0 Å². The molecule has 0 radical (unpaired) electrons. The van der Waals surface area contributed by atoms with E-state index in [9.17, 15) is 4.79 Å². The molecule has 0 saturated heterocycles. The number of hydrogen-bond acceptors (Lipinski definition) is 4. The largest absolute Gasteiger partial charge is 0.353 e. The fourth-order valence-corrected chi connectivity index (χ4v) is 1.26. The Morgan fingerprint density at radius 2 is 2.12 bits per heavy atom. The third kappa shape index (κ3) is 4.35. The van der Waals surface area contributed by atoms with Crippen molar-refractivity contribution in [1.29, 1.82) is 0 Å². The van der Waals surface area contributed by atoms with Crippen molar-refractivity contribution in [1.82, 2.24) is 20.6 Å². The Balaban J connectivity index is 2.36. The molecule has 0 bridgehead atoms. The number of nitrogens with zero attached hydrogens (tertiary/aromatic N) is 2. The van der Waals surface area contributed by atoms with Crippen molar-refractivity contribution in [3.05, 3.63) is 24.3 Å².